The third-order valence-electron chi connectivity index (χ3n) is 4.52. The maximum Gasteiger partial charge on any atom is 0.233 e. The lowest BCUT2D eigenvalue weighted by molar-refractivity contribution is -0.123. The smallest absolute Gasteiger partial charge is 0.233 e. The van der Waals surface area contributed by atoms with Crippen LogP contribution in [0.15, 0.2) is 48.5 Å². The van der Waals surface area contributed by atoms with Gasteiger partial charge in [-0.15, -0.1) is 0 Å². The highest BCUT2D eigenvalue weighted by molar-refractivity contribution is 6.08. The lowest BCUT2D eigenvalue weighted by Crippen LogP contribution is -2.21. The highest BCUT2D eigenvalue weighted by Gasteiger charge is 2.13. The molecule has 2 aromatic rings. The number of hydrogen-bond acceptors (Lipinski definition) is 4. The van der Waals surface area contributed by atoms with Crippen molar-refractivity contribution in [3.05, 3.63) is 54.1 Å². The number of Topliss-reactive ketones (excluding diaryl/α,β-unsaturated/α-hetero) is 1. The van der Waals surface area contributed by atoms with E-state index in [0.29, 0.717) is 16.9 Å². The summed E-state index contributed by atoms with van der Waals surface area (Å²) in [4.78, 5) is 37.7. The summed E-state index contributed by atoms with van der Waals surface area (Å²) in [5.41, 5.74) is 2.94. The molecule has 140 valence electrons. The molecule has 0 spiro atoms. The minimum Gasteiger partial charge on any atom is -0.372 e. The van der Waals surface area contributed by atoms with Crippen molar-refractivity contribution in [2.24, 2.45) is 0 Å². The second-order valence-corrected chi connectivity index (χ2v) is 6.65. The Hall–Kier alpha value is -3.15. The number of ketones is 1. The Morgan fingerprint density at radius 2 is 1.30 bits per heavy atom. The van der Waals surface area contributed by atoms with Gasteiger partial charge in [-0.3, -0.25) is 14.4 Å². The largest absolute Gasteiger partial charge is 0.372 e. The summed E-state index contributed by atoms with van der Waals surface area (Å²) < 4.78 is 0. The van der Waals surface area contributed by atoms with E-state index in [1.807, 2.05) is 24.3 Å². The van der Waals surface area contributed by atoms with Gasteiger partial charge in [0.05, 0.1) is 0 Å². The molecule has 0 aliphatic carbocycles. The van der Waals surface area contributed by atoms with Crippen LogP contribution in [0.3, 0.4) is 0 Å². The van der Waals surface area contributed by atoms with E-state index in [1.54, 1.807) is 24.3 Å². The van der Waals surface area contributed by atoms with Crippen molar-refractivity contribution >= 4 is 34.7 Å². The van der Waals surface area contributed by atoms with E-state index < -0.39 is 5.91 Å². The van der Waals surface area contributed by atoms with Gasteiger partial charge in [0, 0.05) is 35.7 Å². The summed E-state index contributed by atoms with van der Waals surface area (Å²) in [7, 11) is 0. The third kappa shape index (κ3) is 5.17. The summed E-state index contributed by atoms with van der Waals surface area (Å²) in [6.45, 7) is 3.62. The number of rotatable bonds is 6. The van der Waals surface area contributed by atoms with Gasteiger partial charge in [-0.2, -0.15) is 0 Å². The third-order valence-corrected chi connectivity index (χ3v) is 4.52. The van der Waals surface area contributed by atoms with Crippen molar-refractivity contribution in [1.29, 1.82) is 0 Å². The van der Waals surface area contributed by atoms with Crippen molar-refractivity contribution in [3.63, 3.8) is 0 Å². The predicted octanol–water partition coefficient (Wildman–Crippen LogP) is 3.46. The molecule has 0 bridgehead atoms. The minimum absolute atomic E-state index is 0.0389. The van der Waals surface area contributed by atoms with E-state index in [0.717, 1.165) is 18.8 Å². The first-order valence-corrected chi connectivity index (χ1v) is 9.07. The Morgan fingerprint density at radius 3 is 1.78 bits per heavy atom. The van der Waals surface area contributed by atoms with Crippen molar-refractivity contribution in [1.82, 2.24) is 0 Å². The van der Waals surface area contributed by atoms with Crippen LogP contribution in [0.5, 0.6) is 0 Å². The predicted molar refractivity (Wildman–Crippen MR) is 106 cm³/mol. The van der Waals surface area contributed by atoms with Crippen LogP contribution in [-0.2, 0) is 9.59 Å². The summed E-state index contributed by atoms with van der Waals surface area (Å²) in [5, 5.41) is 5.39. The van der Waals surface area contributed by atoms with Crippen molar-refractivity contribution in [2.75, 3.05) is 28.6 Å². The van der Waals surface area contributed by atoms with E-state index in [9.17, 15) is 14.4 Å². The van der Waals surface area contributed by atoms with Gasteiger partial charge in [0.2, 0.25) is 11.8 Å². The molecule has 2 aromatic carbocycles. The number of benzene rings is 2. The molecule has 27 heavy (non-hydrogen) atoms. The van der Waals surface area contributed by atoms with E-state index in [2.05, 4.69) is 15.5 Å². The number of anilines is 3. The number of carbonyl (C=O) groups is 3. The van der Waals surface area contributed by atoms with Crippen LogP contribution in [0.25, 0.3) is 0 Å². The van der Waals surface area contributed by atoms with E-state index in [-0.39, 0.29) is 18.1 Å². The molecule has 6 nitrogen and oxygen atoms in total. The van der Waals surface area contributed by atoms with Crippen LogP contribution >= 0.6 is 0 Å². The highest BCUT2D eigenvalue weighted by Crippen LogP contribution is 2.22. The fraction of sp³-hybridized carbons (Fsp3) is 0.286. The zero-order chi connectivity index (χ0) is 19.2. The zero-order valence-electron chi connectivity index (χ0n) is 15.3. The first-order valence-electron chi connectivity index (χ1n) is 9.07. The molecule has 0 radical (unpaired) electrons. The van der Waals surface area contributed by atoms with Crippen molar-refractivity contribution in [3.8, 4) is 0 Å². The zero-order valence-corrected chi connectivity index (χ0v) is 15.3. The molecule has 1 heterocycles. The molecule has 6 heteroatoms. The Balaban J connectivity index is 1.49. The normalized spacial score (nSPS) is 13.3. The van der Waals surface area contributed by atoms with Gasteiger partial charge in [-0.25, -0.2) is 0 Å². The molecule has 2 N–H and O–H groups in total. The quantitative estimate of drug-likeness (QED) is 0.607. The average molecular weight is 365 g/mol. The average Bonchev–Trinajstić information content (AvgIpc) is 3.17. The molecular formula is C21H23N3O3. The Bertz CT molecular complexity index is 823. The molecule has 0 aromatic heterocycles. The first-order chi connectivity index (χ1) is 13.0. The molecule has 0 unspecified atom stereocenters. The monoisotopic (exact) mass is 365 g/mol. The van der Waals surface area contributed by atoms with Crippen LogP contribution < -0.4 is 15.5 Å². The molecule has 1 aliphatic rings. The van der Waals surface area contributed by atoms with Gasteiger partial charge in [0.25, 0.3) is 0 Å². The number of nitrogens with zero attached hydrogens (tertiary/aromatic N) is 1. The van der Waals surface area contributed by atoms with E-state index in [4.69, 9.17) is 0 Å². The molecule has 0 saturated carbocycles. The second-order valence-electron chi connectivity index (χ2n) is 6.65. The van der Waals surface area contributed by atoms with Gasteiger partial charge in [-0.1, -0.05) is 0 Å². The molecule has 1 saturated heterocycles. The molecular weight excluding hydrogens is 342 g/mol. The number of carbonyl (C=O) groups excluding carboxylic acids is 3. The molecule has 2 amide bonds. The maximum atomic E-state index is 12.1. The van der Waals surface area contributed by atoms with Gasteiger partial charge in [0.15, 0.2) is 5.78 Å². The Kier molecular flexibility index (Phi) is 5.86. The van der Waals surface area contributed by atoms with Crippen LogP contribution in [0.2, 0.25) is 0 Å². The lowest BCUT2D eigenvalue weighted by Gasteiger charge is -2.17. The van der Waals surface area contributed by atoms with E-state index in [1.165, 1.54) is 19.8 Å². The first kappa shape index (κ1) is 18.6. The summed E-state index contributed by atoms with van der Waals surface area (Å²) >= 11 is 0. The van der Waals surface area contributed by atoms with Gasteiger partial charge < -0.3 is 15.5 Å². The number of nitrogens with one attached hydrogen (secondary N) is 2. The Morgan fingerprint density at radius 1 is 0.815 bits per heavy atom. The number of hydrogen-bond donors (Lipinski definition) is 2. The summed E-state index contributed by atoms with van der Waals surface area (Å²) in [6.07, 6.45) is 2.15. The molecule has 1 aliphatic heterocycles. The van der Waals surface area contributed by atoms with Gasteiger partial charge in [0.1, 0.15) is 6.42 Å². The van der Waals surface area contributed by atoms with E-state index >= 15 is 0 Å². The van der Waals surface area contributed by atoms with Crippen LogP contribution in [0.1, 0.15) is 36.5 Å². The fourth-order valence-corrected chi connectivity index (χ4v) is 3.08. The fourth-order valence-electron chi connectivity index (χ4n) is 3.08. The summed E-state index contributed by atoms with van der Waals surface area (Å²) in [5.74, 6) is -0.818. The minimum atomic E-state index is -0.406. The molecule has 0 atom stereocenters. The SMILES string of the molecule is CC(=O)c1ccc(NC(=O)CC(=O)Nc2ccc(N3CCCC3)cc2)cc1. The van der Waals surface area contributed by atoms with Crippen molar-refractivity contribution < 1.29 is 14.4 Å². The Labute approximate surface area is 158 Å². The highest BCUT2D eigenvalue weighted by atomic mass is 16.2. The summed E-state index contributed by atoms with van der Waals surface area (Å²) in [6, 6.07) is 14.2. The lowest BCUT2D eigenvalue weighted by atomic mass is 10.1. The van der Waals surface area contributed by atoms with Gasteiger partial charge in [-0.05, 0) is 68.3 Å². The van der Waals surface area contributed by atoms with Crippen LogP contribution in [0, 0.1) is 0 Å². The van der Waals surface area contributed by atoms with Crippen LogP contribution in [0.4, 0.5) is 17.1 Å². The maximum absolute atomic E-state index is 12.1. The van der Waals surface area contributed by atoms with Crippen molar-refractivity contribution in [2.45, 2.75) is 26.2 Å². The topological polar surface area (TPSA) is 78.5 Å². The second kappa shape index (κ2) is 8.49. The van der Waals surface area contributed by atoms with Crippen LogP contribution in [-0.4, -0.2) is 30.7 Å². The molecule has 3 rings (SSSR count). The van der Waals surface area contributed by atoms with Gasteiger partial charge >= 0.3 is 0 Å². The standard InChI is InChI=1S/C21H23N3O3/c1-15(25)16-4-6-17(7-5-16)22-20(26)14-21(27)23-18-8-10-19(11-9-18)24-12-2-3-13-24/h4-11H,2-3,12-14H2,1H3,(H,22,26)(H,23,27). The number of amides is 2. The molecule has 1 fully saturated rings.